The van der Waals surface area contributed by atoms with E-state index in [4.69, 9.17) is 0 Å². The van der Waals surface area contributed by atoms with Gasteiger partial charge in [-0.25, -0.2) is 8.42 Å². The number of piperazine rings is 1. The molecule has 6 nitrogen and oxygen atoms in total. The van der Waals surface area contributed by atoms with Crippen molar-refractivity contribution in [2.24, 2.45) is 0 Å². The van der Waals surface area contributed by atoms with Gasteiger partial charge in [-0.3, -0.25) is 4.68 Å². The summed E-state index contributed by atoms with van der Waals surface area (Å²) in [6.45, 7) is 6.46. The molecule has 1 saturated heterocycles. The zero-order valence-electron chi connectivity index (χ0n) is 10.8. The molecule has 1 aromatic rings. The monoisotopic (exact) mass is 272 g/mol. The van der Waals surface area contributed by atoms with Crippen LogP contribution in [0.25, 0.3) is 0 Å². The lowest BCUT2D eigenvalue weighted by atomic mass is 10.3. The van der Waals surface area contributed by atoms with E-state index in [0.29, 0.717) is 31.2 Å². The fraction of sp³-hybridized carbons (Fsp3) is 0.727. The van der Waals surface area contributed by atoms with Crippen LogP contribution in [0.1, 0.15) is 20.3 Å². The molecule has 102 valence electrons. The summed E-state index contributed by atoms with van der Waals surface area (Å²) in [7, 11) is -3.43. The first-order chi connectivity index (χ1) is 8.57. The van der Waals surface area contributed by atoms with Gasteiger partial charge in [0.15, 0.2) is 5.03 Å². The van der Waals surface area contributed by atoms with Gasteiger partial charge in [0.1, 0.15) is 0 Å². The fourth-order valence-electron chi connectivity index (χ4n) is 2.22. The van der Waals surface area contributed by atoms with Crippen LogP contribution < -0.4 is 5.32 Å². The van der Waals surface area contributed by atoms with E-state index in [1.54, 1.807) is 21.3 Å². The lowest BCUT2D eigenvalue weighted by molar-refractivity contribution is 0.281. The molecule has 0 spiro atoms. The molecular formula is C11H20N4O2S. The molecule has 0 bridgehead atoms. The molecular weight excluding hydrogens is 252 g/mol. The third-order valence-electron chi connectivity index (χ3n) is 3.13. The van der Waals surface area contributed by atoms with Gasteiger partial charge in [0, 0.05) is 32.2 Å². The van der Waals surface area contributed by atoms with Gasteiger partial charge < -0.3 is 5.32 Å². The number of rotatable bonds is 4. The Balaban J connectivity index is 2.32. The molecule has 1 aliphatic heterocycles. The quantitative estimate of drug-likeness (QED) is 0.854. The van der Waals surface area contributed by atoms with E-state index < -0.39 is 10.0 Å². The Labute approximate surface area is 108 Å². The van der Waals surface area contributed by atoms with Crippen LogP contribution in [0.2, 0.25) is 0 Å². The molecule has 1 aromatic heterocycles. The molecule has 1 fully saturated rings. The van der Waals surface area contributed by atoms with Crippen LogP contribution in [-0.2, 0) is 16.6 Å². The van der Waals surface area contributed by atoms with Gasteiger partial charge in [0.25, 0.3) is 10.0 Å². The number of nitrogens with zero attached hydrogens (tertiary/aromatic N) is 3. The zero-order valence-corrected chi connectivity index (χ0v) is 11.7. The average Bonchev–Trinajstić information content (AvgIpc) is 2.79. The minimum atomic E-state index is -3.43. The van der Waals surface area contributed by atoms with Crippen molar-refractivity contribution < 1.29 is 8.42 Å². The highest BCUT2D eigenvalue weighted by atomic mass is 32.2. The van der Waals surface area contributed by atoms with Gasteiger partial charge in [-0.05, 0) is 19.4 Å². The summed E-state index contributed by atoms with van der Waals surface area (Å²) in [5, 5.41) is 7.58. The predicted octanol–water partition coefficient (Wildman–Crippen LogP) is 0.276. The second-order valence-electron chi connectivity index (χ2n) is 4.56. The molecule has 2 heterocycles. The number of hydrogen-bond donors (Lipinski definition) is 1. The lowest BCUT2D eigenvalue weighted by Gasteiger charge is -2.32. The summed E-state index contributed by atoms with van der Waals surface area (Å²) in [6.07, 6.45) is 2.41. The Bertz CT molecular complexity index is 497. The van der Waals surface area contributed by atoms with Gasteiger partial charge in [0.05, 0.1) is 6.20 Å². The maximum atomic E-state index is 12.6. The number of hydrogen-bond acceptors (Lipinski definition) is 4. The van der Waals surface area contributed by atoms with Crippen LogP contribution in [-0.4, -0.2) is 48.2 Å². The molecule has 18 heavy (non-hydrogen) atoms. The van der Waals surface area contributed by atoms with E-state index in [1.807, 2.05) is 13.8 Å². The number of sulfonamides is 1. The van der Waals surface area contributed by atoms with Crippen molar-refractivity contribution in [2.45, 2.75) is 37.9 Å². The third kappa shape index (κ3) is 2.43. The SMILES string of the molecule is CCCn1nccc1S(=O)(=O)N1CCNC[C@@H]1C. The minimum absolute atomic E-state index is 0.0197. The van der Waals surface area contributed by atoms with E-state index in [1.165, 1.54) is 0 Å². The summed E-state index contributed by atoms with van der Waals surface area (Å²) >= 11 is 0. The van der Waals surface area contributed by atoms with E-state index in [9.17, 15) is 8.42 Å². The summed E-state index contributed by atoms with van der Waals surface area (Å²) in [5.41, 5.74) is 0. The van der Waals surface area contributed by atoms with Gasteiger partial charge in [0.2, 0.25) is 0 Å². The van der Waals surface area contributed by atoms with E-state index in [0.717, 1.165) is 6.42 Å². The zero-order chi connectivity index (χ0) is 13.2. The molecule has 1 aliphatic rings. The molecule has 1 N–H and O–H groups in total. The molecule has 0 saturated carbocycles. The highest BCUT2D eigenvalue weighted by molar-refractivity contribution is 7.89. The normalized spacial score (nSPS) is 22.2. The second kappa shape index (κ2) is 5.38. The van der Waals surface area contributed by atoms with Gasteiger partial charge in [-0.15, -0.1) is 0 Å². The van der Waals surface area contributed by atoms with Crippen molar-refractivity contribution in [2.75, 3.05) is 19.6 Å². The Morgan fingerprint density at radius 2 is 2.33 bits per heavy atom. The van der Waals surface area contributed by atoms with E-state index in [-0.39, 0.29) is 6.04 Å². The van der Waals surface area contributed by atoms with Crippen LogP contribution >= 0.6 is 0 Å². The van der Waals surface area contributed by atoms with Crippen molar-refractivity contribution in [1.82, 2.24) is 19.4 Å². The molecule has 0 radical (unpaired) electrons. The number of aromatic nitrogens is 2. The predicted molar refractivity (Wildman–Crippen MR) is 68.7 cm³/mol. The van der Waals surface area contributed by atoms with Crippen LogP contribution in [0.3, 0.4) is 0 Å². The van der Waals surface area contributed by atoms with Crippen molar-refractivity contribution in [3.63, 3.8) is 0 Å². The summed E-state index contributed by atoms with van der Waals surface area (Å²) < 4.78 is 28.3. The highest BCUT2D eigenvalue weighted by Crippen LogP contribution is 2.19. The fourth-order valence-corrected chi connectivity index (χ4v) is 3.98. The maximum Gasteiger partial charge on any atom is 0.260 e. The highest BCUT2D eigenvalue weighted by Gasteiger charge is 2.32. The van der Waals surface area contributed by atoms with Crippen molar-refractivity contribution >= 4 is 10.0 Å². The first kappa shape index (κ1) is 13.5. The topological polar surface area (TPSA) is 67.2 Å². The molecule has 0 amide bonds. The number of nitrogens with one attached hydrogen (secondary N) is 1. The molecule has 7 heteroatoms. The van der Waals surface area contributed by atoms with E-state index >= 15 is 0 Å². The molecule has 1 atom stereocenters. The van der Waals surface area contributed by atoms with Crippen LogP contribution in [0.15, 0.2) is 17.3 Å². The smallest absolute Gasteiger partial charge is 0.260 e. The third-order valence-corrected chi connectivity index (χ3v) is 5.16. The summed E-state index contributed by atoms with van der Waals surface area (Å²) in [6, 6.07) is 1.56. The summed E-state index contributed by atoms with van der Waals surface area (Å²) in [4.78, 5) is 0. The Hall–Kier alpha value is -0.920. The number of aryl methyl sites for hydroxylation is 1. The van der Waals surface area contributed by atoms with E-state index in [2.05, 4.69) is 10.4 Å². The maximum absolute atomic E-state index is 12.6. The molecule has 2 rings (SSSR count). The van der Waals surface area contributed by atoms with Crippen molar-refractivity contribution in [3.05, 3.63) is 12.3 Å². The van der Waals surface area contributed by atoms with Crippen LogP contribution in [0.5, 0.6) is 0 Å². The standard InChI is InChI=1S/C11H20N4O2S/c1-3-7-14-11(4-5-13-14)18(16,17)15-8-6-12-9-10(15)2/h4-5,10,12H,3,6-9H2,1-2H3/t10-/m0/s1. The van der Waals surface area contributed by atoms with Crippen molar-refractivity contribution in [3.8, 4) is 0 Å². The first-order valence-electron chi connectivity index (χ1n) is 6.31. The van der Waals surface area contributed by atoms with Crippen molar-refractivity contribution in [1.29, 1.82) is 0 Å². The Morgan fingerprint density at radius 1 is 1.56 bits per heavy atom. The van der Waals surface area contributed by atoms with Crippen LogP contribution in [0.4, 0.5) is 0 Å². The average molecular weight is 272 g/mol. The van der Waals surface area contributed by atoms with Gasteiger partial charge >= 0.3 is 0 Å². The Kier molecular flexibility index (Phi) is 4.04. The summed E-state index contributed by atoms with van der Waals surface area (Å²) in [5.74, 6) is 0. The largest absolute Gasteiger partial charge is 0.314 e. The molecule has 0 aliphatic carbocycles. The first-order valence-corrected chi connectivity index (χ1v) is 7.75. The molecule has 0 aromatic carbocycles. The Morgan fingerprint density at radius 3 is 3.00 bits per heavy atom. The minimum Gasteiger partial charge on any atom is -0.314 e. The van der Waals surface area contributed by atoms with Gasteiger partial charge in [-0.1, -0.05) is 6.92 Å². The second-order valence-corrected chi connectivity index (χ2v) is 6.40. The lowest BCUT2D eigenvalue weighted by Crippen LogP contribution is -2.52. The van der Waals surface area contributed by atoms with Gasteiger partial charge in [-0.2, -0.15) is 9.40 Å². The van der Waals surface area contributed by atoms with Crippen LogP contribution in [0, 0.1) is 0 Å². The molecule has 0 unspecified atom stereocenters.